The Morgan fingerprint density at radius 2 is 1.84 bits per heavy atom. The summed E-state index contributed by atoms with van der Waals surface area (Å²) >= 11 is 0. The van der Waals surface area contributed by atoms with E-state index in [0.29, 0.717) is 29.8 Å². The molecule has 3 aromatic rings. The maximum absolute atomic E-state index is 11.1. The van der Waals surface area contributed by atoms with Gasteiger partial charge in [-0.25, -0.2) is 15.0 Å². The second-order valence-electron chi connectivity index (χ2n) is 7.10. The molecule has 0 aliphatic carbocycles. The molecular weight excluding hydrogens is 398 g/mol. The van der Waals surface area contributed by atoms with Crippen molar-refractivity contribution in [2.45, 2.75) is 13.8 Å². The largest absolute Gasteiger partial charge is 0.478 e. The van der Waals surface area contributed by atoms with Gasteiger partial charge in [-0.05, 0) is 13.8 Å². The van der Waals surface area contributed by atoms with Crippen molar-refractivity contribution in [2.24, 2.45) is 0 Å². The van der Waals surface area contributed by atoms with Crippen LogP contribution < -0.4 is 14.5 Å². The van der Waals surface area contributed by atoms with Crippen molar-refractivity contribution in [3.05, 3.63) is 58.4 Å². The molecule has 1 aromatic carbocycles. The molecular formula is C21H23N7O3. The van der Waals surface area contributed by atoms with Crippen LogP contribution in [0.2, 0.25) is 0 Å². The third-order valence-electron chi connectivity index (χ3n) is 4.95. The van der Waals surface area contributed by atoms with Crippen molar-refractivity contribution in [2.75, 3.05) is 42.6 Å². The van der Waals surface area contributed by atoms with Gasteiger partial charge in [-0.1, -0.05) is 12.1 Å². The zero-order valence-corrected chi connectivity index (χ0v) is 17.4. The molecule has 0 unspecified atom stereocenters. The molecule has 10 heteroatoms. The molecule has 2 aromatic heterocycles. The van der Waals surface area contributed by atoms with Gasteiger partial charge in [0.2, 0.25) is 11.8 Å². The lowest BCUT2D eigenvalue weighted by atomic mass is 10.2. The number of non-ortho nitro benzene ring substituents is 1. The smallest absolute Gasteiger partial charge is 0.270 e. The highest BCUT2D eigenvalue weighted by Gasteiger charge is 2.21. The molecule has 0 atom stereocenters. The Bertz CT molecular complexity index is 1080. The van der Waals surface area contributed by atoms with Gasteiger partial charge in [0.25, 0.3) is 5.69 Å². The monoisotopic (exact) mass is 421 g/mol. The van der Waals surface area contributed by atoms with Gasteiger partial charge in [0.1, 0.15) is 5.82 Å². The maximum atomic E-state index is 11.1. The second kappa shape index (κ2) is 8.90. The summed E-state index contributed by atoms with van der Waals surface area (Å²) in [6.45, 7) is 7.35. The van der Waals surface area contributed by atoms with Crippen LogP contribution >= 0.6 is 0 Å². The Morgan fingerprint density at radius 1 is 1.06 bits per heavy atom. The van der Waals surface area contributed by atoms with Gasteiger partial charge in [-0.15, -0.1) is 0 Å². The molecule has 1 aliphatic rings. The number of nitro benzene ring substituents is 1. The van der Waals surface area contributed by atoms with Crippen LogP contribution in [0.1, 0.15) is 12.6 Å². The molecule has 31 heavy (non-hydrogen) atoms. The molecule has 0 radical (unpaired) electrons. The Morgan fingerprint density at radius 3 is 2.58 bits per heavy atom. The number of hydrogen-bond donors (Lipinski definition) is 0. The average Bonchev–Trinajstić information content (AvgIpc) is 2.79. The van der Waals surface area contributed by atoms with Gasteiger partial charge in [0.05, 0.1) is 11.5 Å². The zero-order chi connectivity index (χ0) is 21.8. The first-order valence-electron chi connectivity index (χ1n) is 10.1. The van der Waals surface area contributed by atoms with E-state index in [9.17, 15) is 10.1 Å². The van der Waals surface area contributed by atoms with Crippen LogP contribution in [0.4, 0.5) is 17.5 Å². The molecule has 1 fully saturated rings. The van der Waals surface area contributed by atoms with Crippen LogP contribution in [0.15, 0.2) is 42.6 Å². The molecule has 3 heterocycles. The summed E-state index contributed by atoms with van der Waals surface area (Å²) in [5, 5.41) is 11.1. The molecule has 4 rings (SSSR count). The number of aromatic nitrogens is 4. The molecule has 0 spiro atoms. The van der Waals surface area contributed by atoms with Crippen LogP contribution in [-0.2, 0) is 0 Å². The van der Waals surface area contributed by atoms with Crippen molar-refractivity contribution in [3.8, 4) is 17.3 Å². The van der Waals surface area contributed by atoms with Gasteiger partial charge in [-0.3, -0.25) is 10.1 Å². The Labute approximate surface area is 179 Å². The zero-order valence-electron chi connectivity index (χ0n) is 17.4. The minimum absolute atomic E-state index is 0.0204. The summed E-state index contributed by atoms with van der Waals surface area (Å²) < 4.78 is 5.47. The first-order chi connectivity index (χ1) is 15.0. The lowest BCUT2D eigenvalue weighted by molar-refractivity contribution is -0.384. The first-order valence-corrected chi connectivity index (χ1v) is 10.1. The van der Waals surface area contributed by atoms with Crippen molar-refractivity contribution >= 4 is 17.5 Å². The molecule has 0 amide bonds. The minimum atomic E-state index is -0.415. The summed E-state index contributed by atoms with van der Waals surface area (Å²) in [6.07, 6.45) is 1.71. The Kier molecular flexibility index (Phi) is 5.87. The minimum Gasteiger partial charge on any atom is -0.478 e. The van der Waals surface area contributed by atoms with Gasteiger partial charge in [-0.2, -0.15) is 4.98 Å². The number of piperazine rings is 1. The Hall–Kier alpha value is -3.82. The topological polar surface area (TPSA) is 110 Å². The van der Waals surface area contributed by atoms with Crippen LogP contribution in [0.3, 0.4) is 0 Å². The number of hydrogen-bond acceptors (Lipinski definition) is 9. The van der Waals surface area contributed by atoms with Crippen LogP contribution in [0.5, 0.6) is 5.88 Å². The molecule has 0 saturated carbocycles. The van der Waals surface area contributed by atoms with Crippen molar-refractivity contribution in [1.82, 2.24) is 19.9 Å². The van der Waals surface area contributed by atoms with E-state index in [1.54, 1.807) is 24.4 Å². The number of rotatable bonds is 6. The third kappa shape index (κ3) is 4.68. The number of ether oxygens (including phenoxy) is 1. The van der Waals surface area contributed by atoms with Gasteiger partial charge in [0, 0.05) is 67.9 Å². The highest BCUT2D eigenvalue weighted by Crippen LogP contribution is 2.25. The summed E-state index contributed by atoms with van der Waals surface area (Å²) in [4.78, 5) is 33.0. The number of nitrogens with zero attached hydrogens (tertiary/aromatic N) is 7. The lowest BCUT2D eigenvalue weighted by Crippen LogP contribution is -2.47. The van der Waals surface area contributed by atoms with Crippen LogP contribution in [0.25, 0.3) is 11.4 Å². The molecule has 1 saturated heterocycles. The van der Waals surface area contributed by atoms with E-state index in [4.69, 9.17) is 4.74 Å². The highest BCUT2D eigenvalue weighted by atomic mass is 16.6. The normalized spacial score (nSPS) is 13.9. The standard InChI is InChI=1S/C21H23N7O3/c1-3-31-19-7-8-22-21(25-19)27-11-9-26(10-12-27)18-13-15(2)23-20(24-18)16-5-4-6-17(14-16)28(29)30/h4-8,13-14H,3,9-12H2,1-2H3. The Balaban J connectivity index is 1.51. The highest BCUT2D eigenvalue weighted by molar-refractivity contribution is 5.61. The quantitative estimate of drug-likeness (QED) is 0.438. The van der Waals surface area contributed by atoms with Crippen molar-refractivity contribution in [1.29, 1.82) is 0 Å². The SMILES string of the molecule is CCOc1ccnc(N2CCN(c3cc(C)nc(-c4cccc([N+](=O)[O-])c4)n3)CC2)n1. The number of aryl methyl sites for hydroxylation is 1. The fourth-order valence-corrected chi connectivity index (χ4v) is 3.45. The van der Waals surface area contributed by atoms with Crippen LogP contribution in [0, 0.1) is 17.0 Å². The van der Waals surface area contributed by atoms with E-state index >= 15 is 0 Å². The number of nitro groups is 1. The fourth-order valence-electron chi connectivity index (χ4n) is 3.45. The van der Waals surface area contributed by atoms with Crippen molar-refractivity contribution in [3.63, 3.8) is 0 Å². The van der Waals surface area contributed by atoms with E-state index < -0.39 is 4.92 Å². The van der Waals surface area contributed by atoms with E-state index in [1.165, 1.54) is 12.1 Å². The predicted octanol–water partition coefficient (Wildman–Crippen LogP) is 2.88. The predicted molar refractivity (Wildman–Crippen MR) is 116 cm³/mol. The average molecular weight is 421 g/mol. The molecule has 0 bridgehead atoms. The summed E-state index contributed by atoms with van der Waals surface area (Å²) in [5.41, 5.74) is 1.45. The second-order valence-corrected chi connectivity index (χ2v) is 7.10. The van der Waals surface area contributed by atoms with Crippen molar-refractivity contribution < 1.29 is 9.66 Å². The summed E-state index contributed by atoms with van der Waals surface area (Å²) in [6, 6.07) is 10.1. The van der Waals surface area contributed by atoms with Crippen LogP contribution in [-0.4, -0.2) is 57.6 Å². The third-order valence-corrected chi connectivity index (χ3v) is 4.95. The molecule has 160 valence electrons. The van der Waals surface area contributed by atoms with E-state index in [1.807, 2.05) is 19.9 Å². The first kappa shape index (κ1) is 20.5. The molecule has 10 nitrogen and oxygen atoms in total. The summed E-state index contributed by atoms with van der Waals surface area (Å²) in [5.74, 6) is 2.51. The maximum Gasteiger partial charge on any atom is 0.270 e. The van der Waals surface area contributed by atoms with E-state index in [2.05, 4.69) is 29.7 Å². The van der Waals surface area contributed by atoms with E-state index in [0.717, 1.165) is 37.7 Å². The van der Waals surface area contributed by atoms with E-state index in [-0.39, 0.29) is 5.69 Å². The van der Waals surface area contributed by atoms with Gasteiger partial charge >= 0.3 is 0 Å². The van der Waals surface area contributed by atoms with Gasteiger partial charge < -0.3 is 14.5 Å². The summed E-state index contributed by atoms with van der Waals surface area (Å²) in [7, 11) is 0. The lowest BCUT2D eigenvalue weighted by Gasteiger charge is -2.35. The molecule has 0 N–H and O–H groups in total. The molecule has 1 aliphatic heterocycles. The number of benzene rings is 1. The number of anilines is 2. The van der Waals surface area contributed by atoms with Gasteiger partial charge in [0.15, 0.2) is 5.82 Å². The fraction of sp³-hybridized carbons (Fsp3) is 0.333.